The second-order valence-corrected chi connectivity index (χ2v) is 5.04. The van der Waals surface area contributed by atoms with Crippen LogP contribution in [0.25, 0.3) is 0 Å². The summed E-state index contributed by atoms with van der Waals surface area (Å²) in [5, 5.41) is 9.79. The third kappa shape index (κ3) is 3.81. The predicted molar refractivity (Wildman–Crippen MR) is 68.9 cm³/mol. The minimum absolute atomic E-state index is 0.0820. The van der Waals surface area contributed by atoms with Crippen molar-refractivity contribution in [3.63, 3.8) is 0 Å². The van der Waals surface area contributed by atoms with E-state index >= 15 is 0 Å². The quantitative estimate of drug-likeness (QED) is 0.824. The average molecular weight is 248 g/mol. The van der Waals surface area contributed by atoms with Crippen LogP contribution in [0.4, 0.5) is 0 Å². The Bertz CT molecular complexity index is 390. The molecule has 0 aromatic carbocycles. The standard InChI is InChI=1S/C14H20N2O2/c1-16(10-13(17)12-5-6-12)14(18)7-4-11-3-2-8-15-9-11/h2-3,8-9,12-13,17H,4-7,10H2,1H3. The Hall–Kier alpha value is -1.42. The summed E-state index contributed by atoms with van der Waals surface area (Å²) in [5.41, 5.74) is 1.07. The molecule has 98 valence electrons. The van der Waals surface area contributed by atoms with E-state index in [0.29, 0.717) is 25.3 Å². The summed E-state index contributed by atoms with van der Waals surface area (Å²) in [6.45, 7) is 0.455. The molecule has 2 rings (SSSR count). The molecule has 1 atom stereocenters. The van der Waals surface area contributed by atoms with Crippen LogP contribution in [-0.4, -0.2) is 40.6 Å². The van der Waals surface area contributed by atoms with Gasteiger partial charge in [-0.15, -0.1) is 0 Å². The number of hydrogen-bond donors (Lipinski definition) is 1. The van der Waals surface area contributed by atoms with Gasteiger partial charge in [-0.2, -0.15) is 0 Å². The number of likely N-dealkylation sites (N-methyl/N-ethyl adjacent to an activating group) is 1. The number of rotatable bonds is 6. The van der Waals surface area contributed by atoms with E-state index in [1.165, 1.54) is 0 Å². The molecule has 0 spiro atoms. The summed E-state index contributed by atoms with van der Waals surface area (Å²) in [6, 6.07) is 3.85. The lowest BCUT2D eigenvalue weighted by Gasteiger charge is -2.20. The van der Waals surface area contributed by atoms with Crippen LogP contribution in [0.15, 0.2) is 24.5 Å². The number of nitrogens with zero attached hydrogens (tertiary/aromatic N) is 2. The monoisotopic (exact) mass is 248 g/mol. The van der Waals surface area contributed by atoms with Gasteiger partial charge in [-0.1, -0.05) is 6.07 Å². The fraction of sp³-hybridized carbons (Fsp3) is 0.571. The van der Waals surface area contributed by atoms with Crippen molar-refractivity contribution in [2.75, 3.05) is 13.6 Å². The van der Waals surface area contributed by atoms with E-state index in [1.54, 1.807) is 24.3 Å². The van der Waals surface area contributed by atoms with E-state index in [0.717, 1.165) is 18.4 Å². The Kier molecular flexibility index (Phi) is 4.31. The molecule has 1 unspecified atom stereocenters. The highest BCUT2D eigenvalue weighted by atomic mass is 16.3. The zero-order valence-corrected chi connectivity index (χ0v) is 10.7. The van der Waals surface area contributed by atoms with Gasteiger partial charge in [-0.3, -0.25) is 9.78 Å². The molecule has 1 fully saturated rings. The van der Waals surface area contributed by atoms with Crippen molar-refractivity contribution in [1.82, 2.24) is 9.88 Å². The predicted octanol–water partition coefficient (Wildman–Crippen LogP) is 1.24. The lowest BCUT2D eigenvalue weighted by Crippen LogP contribution is -2.35. The lowest BCUT2D eigenvalue weighted by molar-refractivity contribution is -0.131. The van der Waals surface area contributed by atoms with Gasteiger partial charge in [0.25, 0.3) is 0 Å². The first-order valence-electron chi connectivity index (χ1n) is 6.47. The minimum atomic E-state index is -0.350. The van der Waals surface area contributed by atoms with Gasteiger partial charge < -0.3 is 10.0 Å². The number of amides is 1. The molecule has 1 aliphatic carbocycles. The van der Waals surface area contributed by atoms with Gasteiger partial charge in [-0.25, -0.2) is 0 Å². The maximum Gasteiger partial charge on any atom is 0.222 e. The summed E-state index contributed by atoms with van der Waals surface area (Å²) in [6.07, 6.45) is 6.53. The zero-order valence-electron chi connectivity index (χ0n) is 10.7. The summed E-state index contributed by atoms with van der Waals surface area (Å²) in [7, 11) is 1.76. The Balaban J connectivity index is 1.73. The number of carbonyl (C=O) groups is 1. The molecule has 0 radical (unpaired) electrons. The maximum atomic E-state index is 11.9. The van der Waals surface area contributed by atoms with Gasteiger partial charge in [0.1, 0.15) is 0 Å². The van der Waals surface area contributed by atoms with Crippen LogP contribution in [-0.2, 0) is 11.2 Å². The molecular weight excluding hydrogens is 228 g/mol. The van der Waals surface area contributed by atoms with E-state index in [4.69, 9.17) is 0 Å². The second kappa shape index (κ2) is 5.96. The van der Waals surface area contributed by atoms with Crippen molar-refractivity contribution in [2.24, 2.45) is 5.92 Å². The van der Waals surface area contributed by atoms with Crippen LogP contribution in [0, 0.1) is 5.92 Å². The molecule has 1 N–H and O–H groups in total. The minimum Gasteiger partial charge on any atom is -0.391 e. The SMILES string of the molecule is CN(CC(O)C1CC1)C(=O)CCc1cccnc1. The Morgan fingerprint density at radius 2 is 2.39 bits per heavy atom. The number of hydrogen-bond acceptors (Lipinski definition) is 3. The summed E-state index contributed by atoms with van der Waals surface area (Å²) >= 11 is 0. The fourth-order valence-electron chi connectivity index (χ4n) is 2.00. The smallest absolute Gasteiger partial charge is 0.222 e. The van der Waals surface area contributed by atoms with Gasteiger partial charge in [0, 0.05) is 32.4 Å². The van der Waals surface area contributed by atoms with Crippen LogP contribution < -0.4 is 0 Å². The van der Waals surface area contributed by atoms with Crippen LogP contribution in [0.5, 0.6) is 0 Å². The fourth-order valence-corrected chi connectivity index (χ4v) is 2.00. The van der Waals surface area contributed by atoms with Crippen LogP contribution in [0.1, 0.15) is 24.8 Å². The van der Waals surface area contributed by atoms with E-state index in [1.807, 2.05) is 12.1 Å². The van der Waals surface area contributed by atoms with Gasteiger partial charge in [0.15, 0.2) is 0 Å². The Morgan fingerprint density at radius 1 is 1.61 bits per heavy atom. The van der Waals surface area contributed by atoms with Crippen LogP contribution >= 0.6 is 0 Å². The molecule has 4 heteroatoms. The molecule has 1 aromatic heterocycles. The normalized spacial score (nSPS) is 16.3. The first kappa shape index (κ1) is 13.0. The van der Waals surface area contributed by atoms with Gasteiger partial charge >= 0.3 is 0 Å². The number of aliphatic hydroxyl groups is 1. The third-order valence-electron chi connectivity index (χ3n) is 3.40. The van der Waals surface area contributed by atoms with Crippen molar-refractivity contribution >= 4 is 5.91 Å². The molecular formula is C14H20N2O2. The van der Waals surface area contributed by atoms with E-state index in [-0.39, 0.29) is 12.0 Å². The van der Waals surface area contributed by atoms with Gasteiger partial charge in [-0.05, 0) is 36.8 Å². The number of aromatic nitrogens is 1. The molecule has 4 nitrogen and oxygen atoms in total. The molecule has 1 heterocycles. The summed E-state index contributed by atoms with van der Waals surface area (Å²) < 4.78 is 0. The van der Waals surface area contributed by atoms with Crippen molar-refractivity contribution in [2.45, 2.75) is 31.8 Å². The molecule has 18 heavy (non-hydrogen) atoms. The summed E-state index contributed by atoms with van der Waals surface area (Å²) in [5.74, 6) is 0.497. The maximum absolute atomic E-state index is 11.9. The molecule has 1 amide bonds. The van der Waals surface area contributed by atoms with E-state index in [2.05, 4.69) is 4.98 Å². The topological polar surface area (TPSA) is 53.4 Å². The van der Waals surface area contributed by atoms with Crippen molar-refractivity contribution in [3.05, 3.63) is 30.1 Å². The van der Waals surface area contributed by atoms with Gasteiger partial charge in [0.2, 0.25) is 5.91 Å². The highest BCUT2D eigenvalue weighted by Gasteiger charge is 2.30. The Morgan fingerprint density at radius 3 is 3.00 bits per heavy atom. The van der Waals surface area contributed by atoms with Crippen molar-refractivity contribution < 1.29 is 9.90 Å². The first-order valence-corrected chi connectivity index (χ1v) is 6.47. The number of carbonyl (C=O) groups excluding carboxylic acids is 1. The van der Waals surface area contributed by atoms with E-state index < -0.39 is 0 Å². The van der Waals surface area contributed by atoms with Crippen molar-refractivity contribution in [1.29, 1.82) is 0 Å². The molecule has 0 saturated heterocycles. The Labute approximate surface area is 108 Å². The lowest BCUT2D eigenvalue weighted by atomic mass is 10.1. The largest absolute Gasteiger partial charge is 0.391 e. The van der Waals surface area contributed by atoms with E-state index in [9.17, 15) is 9.90 Å². The van der Waals surface area contributed by atoms with Crippen molar-refractivity contribution in [3.8, 4) is 0 Å². The average Bonchev–Trinajstić information content (AvgIpc) is 3.21. The number of aryl methyl sites for hydroxylation is 1. The van der Waals surface area contributed by atoms with Crippen LogP contribution in [0.2, 0.25) is 0 Å². The highest BCUT2D eigenvalue weighted by molar-refractivity contribution is 5.76. The first-order chi connectivity index (χ1) is 8.66. The zero-order chi connectivity index (χ0) is 13.0. The van der Waals surface area contributed by atoms with Gasteiger partial charge in [0.05, 0.1) is 6.10 Å². The molecule has 0 aliphatic heterocycles. The molecule has 1 aliphatic rings. The second-order valence-electron chi connectivity index (χ2n) is 5.04. The molecule has 0 bridgehead atoms. The van der Waals surface area contributed by atoms with Crippen LogP contribution in [0.3, 0.4) is 0 Å². The highest BCUT2D eigenvalue weighted by Crippen LogP contribution is 2.32. The number of aliphatic hydroxyl groups excluding tert-OH is 1. The summed E-state index contributed by atoms with van der Waals surface area (Å²) in [4.78, 5) is 17.5. The molecule has 1 aromatic rings. The third-order valence-corrected chi connectivity index (χ3v) is 3.40. The number of pyridine rings is 1. The molecule has 1 saturated carbocycles.